The Labute approximate surface area is 122 Å². The van der Waals surface area contributed by atoms with Gasteiger partial charge in [-0.3, -0.25) is 9.59 Å². The van der Waals surface area contributed by atoms with Gasteiger partial charge in [0.15, 0.2) is 5.60 Å². The number of hydrogen-bond donors (Lipinski definition) is 1. The second-order valence-corrected chi connectivity index (χ2v) is 6.39. The molecule has 21 heavy (non-hydrogen) atoms. The second kappa shape index (κ2) is 4.19. The Balaban J connectivity index is 1.80. The van der Waals surface area contributed by atoms with E-state index in [9.17, 15) is 9.59 Å². The fraction of sp³-hybridized carbons (Fsp3) is 0.533. The van der Waals surface area contributed by atoms with E-state index in [0.717, 1.165) is 0 Å². The van der Waals surface area contributed by atoms with E-state index in [0.29, 0.717) is 18.6 Å². The lowest BCUT2D eigenvalue weighted by Crippen LogP contribution is -2.52. The third kappa shape index (κ3) is 1.61. The Morgan fingerprint density at radius 2 is 2.14 bits per heavy atom. The van der Waals surface area contributed by atoms with Crippen molar-refractivity contribution >= 4 is 18.1 Å². The van der Waals surface area contributed by atoms with Gasteiger partial charge in [0.05, 0.1) is 17.9 Å². The first-order valence-electron chi connectivity index (χ1n) is 6.94. The Morgan fingerprint density at radius 3 is 2.67 bits per heavy atom. The number of carbonyl (C=O) groups excluding carboxylic acids is 2. The number of amides is 1. The normalized spacial score (nSPS) is 33.4. The third-order valence-corrected chi connectivity index (χ3v) is 5.35. The first kappa shape index (κ1) is 13.9. The van der Waals surface area contributed by atoms with Crippen LogP contribution in [-0.2, 0) is 14.3 Å². The molecule has 2 atom stereocenters. The number of esters is 1. The van der Waals surface area contributed by atoms with Crippen molar-refractivity contribution in [3.05, 3.63) is 24.2 Å². The maximum atomic E-state index is 12.5. The fourth-order valence-electron chi connectivity index (χ4n) is 3.36. The quantitative estimate of drug-likeness (QED) is 0.523. The van der Waals surface area contributed by atoms with Crippen LogP contribution in [0.25, 0.3) is 0 Å². The number of fused-ring (bicyclic) bond motifs is 2. The number of nitrogens with zero attached hydrogens (tertiary/aromatic N) is 1. The van der Waals surface area contributed by atoms with Crippen LogP contribution in [0.5, 0.6) is 0 Å². The lowest BCUT2D eigenvalue weighted by atomic mass is 9.66. The van der Waals surface area contributed by atoms with Gasteiger partial charge in [-0.15, -0.1) is 0 Å². The van der Waals surface area contributed by atoms with Gasteiger partial charge in [0, 0.05) is 5.41 Å². The second-order valence-electron chi connectivity index (χ2n) is 6.39. The van der Waals surface area contributed by atoms with E-state index in [-0.39, 0.29) is 11.9 Å². The number of rotatable bonds is 3. The van der Waals surface area contributed by atoms with Gasteiger partial charge in [-0.25, -0.2) is 5.43 Å². The molecule has 1 N–H and O–H groups in total. The van der Waals surface area contributed by atoms with Gasteiger partial charge >= 0.3 is 5.97 Å². The molecular formula is C15H18N2O4. The van der Waals surface area contributed by atoms with Crippen LogP contribution in [0, 0.1) is 10.8 Å². The highest BCUT2D eigenvalue weighted by Gasteiger charge is 2.75. The molecule has 1 saturated carbocycles. The molecule has 1 aromatic rings. The maximum absolute atomic E-state index is 12.5. The first-order valence-corrected chi connectivity index (χ1v) is 6.94. The SMILES string of the molecule is CC12CCC(C(=O)N/N=C/c3ccco3)(OC1=O)C2(C)C. The molecule has 6 heteroatoms. The lowest BCUT2D eigenvalue weighted by molar-refractivity contribution is -0.168. The van der Waals surface area contributed by atoms with Gasteiger partial charge < -0.3 is 9.15 Å². The Morgan fingerprint density at radius 1 is 1.38 bits per heavy atom. The summed E-state index contributed by atoms with van der Waals surface area (Å²) in [5.41, 5.74) is 0.144. The number of furan rings is 1. The van der Waals surface area contributed by atoms with Crippen molar-refractivity contribution < 1.29 is 18.7 Å². The number of ether oxygens (including phenoxy) is 1. The molecule has 2 aliphatic rings. The fourth-order valence-corrected chi connectivity index (χ4v) is 3.36. The summed E-state index contributed by atoms with van der Waals surface area (Å²) in [5, 5.41) is 3.87. The van der Waals surface area contributed by atoms with E-state index in [1.54, 1.807) is 12.1 Å². The van der Waals surface area contributed by atoms with Gasteiger partial charge in [0.25, 0.3) is 5.91 Å². The monoisotopic (exact) mass is 290 g/mol. The third-order valence-electron chi connectivity index (χ3n) is 5.35. The van der Waals surface area contributed by atoms with Crippen molar-refractivity contribution in [3.63, 3.8) is 0 Å². The zero-order chi connectivity index (χ0) is 15.3. The molecule has 1 amide bonds. The highest BCUT2D eigenvalue weighted by Crippen LogP contribution is 2.65. The smallest absolute Gasteiger partial charge is 0.313 e. The lowest BCUT2D eigenvalue weighted by Gasteiger charge is -2.34. The highest BCUT2D eigenvalue weighted by molar-refractivity contribution is 5.96. The average molecular weight is 290 g/mol. The van der Waals surface area contributed by atoms with E-state index in [1.807, 2.05) is 20.8 Å². The van der Waals surface area contributed by atoms with Crippen molar-refractivity contribution in [2.24, 2.45) is 15.9 Å². The zero-order valence-electron chi connectivity index (χ0n) is 12.3. The molecule has 1 aliphatic heterocycles. The predicted molar refractivity (Wildman–Crippen MR) is 74.4 cm³/mol. The number of carbonyl (C=O) groups is 2. The van der Waals surface area contributed by atoms with Crippen LogP contribution in [0.15, 0.2) is 27.9 Å². The summed E-state index contributed by atoms with van der Waals surface area (Å²) in [7, 11) is 0. The van der Waals surface area contributed by atoms with Gasteiger partial charge in [-0.05, 0) is 31.9 Å². The summed E-state index contributed by atoms with van der Waals surface area (Å²) in [6.45, 7) is 5.67. The summed E-state index contributed by atoms with van der Waals surface area (Å²) in [4.78, 5) is 24.6. The van der Waals surface area contributed by atoms with E-state index >= 15 is 0 Å². The van der Waals surface area contributed by atoms with E-state index in [2.05, 4.69) is 10.5 Å². The molecular weight excluding hydrogens is 272 g/mol. The summed E-state index contributed by atoms with van der Waals surface area (Å²) < 4.78 is 10.6. The van der Waals surface area contributed by atoms with Crippen molar-refractivity contribution in [2.75, 3.05) is 0 Å². The number of hydrogen-bond acceptors (Lipinski definition) is 5. The van der Waals surface area contributed by atoms with Crippen LogP contribution in [0.1, 0.15) is 39.4 Å². The molecule has 2 bridgehead atoms. The van der Waals surface area contributed by atoms with Crippen LogP contribution in [0.3, 0.4) is 0 Å². The Kier molecular flexibility index (Phi) is 2.77. The molecule has 2 heterocycles. The molecule has 0 radical (unpaired) electrons. The Bertz CT molecular complexity index is 620. The maximum Gasteiger partial charge on any atom is 0.313 e. The Hall–Kier alpha value is -2.11. The molecule has 1 aromatic heterocycles. The highest BCUT2D eigenvalue weighted by atomic mass is 16.6. The van der Waals surface area contributed by atoms with Crippen LogP contribution in [0.2, 0.25) is 0 Å². The molecule has 2 fully saturated rings. The van der Waals surface area contributed by atoms with Crippen LogP contribution in [-0.4, -0.2) is 23.7 Å². The topological polar surface area (TPSA) is 80.9 Å². The van der Waals surface area contributed by atoms with Gasteiger partial charge in [-0.1, -0.05) is 13.8 Å². The molecule has 1 aliphatic carbocycles. The molecule has 6 nitrogen and oxygen atoms in total. The minimum Gasteiger partial charge on any atom is -0.463 e. The first-order chi connectivity index (χ1) is 9.83. The zero-order valence-corrected chi connectivity index (χ0v) is 12.3. The van der Waals surface area contributed by atoms with Gasteiger partial charge in [0.2, 0.25) is 0 Å². The summed E-state index contributed by atoms with van der Waals surface area (Å²) in [6, 6.07) is 3.45. The van der Waals surface area contributed by atoms with Crippen molar-refractivity contribution in [1.29, 1.82) is 0 Å². The molecule has 1 saturated heterocycles. The van der Waals surface area contributed by atoms with Gasteiger partial charge in [-0.2, -0.15) is 5.10 Å². The predicted octanol–water partition coefficient (Wildman–Crippen LogP) is 1.85. The van der Waals surface area contributed by atoms with Gasteiger partial charge in [0.1, 0.15) is 5.76 Å². The minimum absolute atomic E-state index is 0.302. The number of nitrogens with one attached hydrogen (secondary N) is 1. The van der Waals surface area contributed by atoms with Crippen molar-refractivity contribution in [3.8, 4) is 0 Å². The minimum atomic E-state index is -1.14. The average Bonchev–Trinajstić information content (AvgIpc) is 3.04. The molecule has 2 unspecified atom stereocenters. The largest absolute Gasteiger partial charge is 0.463 e. The van der Waals surface area contributed by atoms with Crippen LogP contribution in [0.4, 0.5) is 0 Å². The van der Waals surface area contributed by atoms with Crippen molar-refractivity contribution in [1.82, 2.24) is 5.43 Å². The summed E-state index contributed by atoms with van der Waals surface area (Å²) in [6.07, 6.45) is 4.09. The van der Waals surface area contributed by atoms with E-state index < -0.39 is 16.4 Å². The van der Waals surface area contributed by atoms with Crippen molar-refractivity contribution in [2.45, 2.75) is 39.2 Å². The van der Waals surface area contributed by atoms with Crippen LogP contribution < -0.4 is 5.43 Å². The molecule has 0 spiro atoms. The van der Waals surface area contributed by atoms with E-state index in [4.69, 9.17) is 9.15 Å². The standard InChI is InChI=1S/C15H18N2O4/c1-13(2)14(3)6-7-15(13,21-12(14)19)11(18)17-16-9-10-5-4-8-20-10/h4-5,8-9H,6-7H2,1-3H3,(H,17,18)/b16-9+. The number of hydrazone groups is 1. The van der Waals surface area contributed by atoms with E-state index in [1.165, 1.54) is 12.5 Å². The summed E-state index contributed by atoms with van der Waals surface area (Å²) in [5.74, 6) is -0.152. The summed E-state index contributed by atoms with van der Waals surface area (Å²) >= 11 is 0. The molecule has 112 valence electrons. The molecule has 0 aromatic carbocycles. The molecule has 3 rings (SSSR count). The van der Waals surface area contributed by atoms with Crippen LogP contribution >= 0.6 is 0 Å².